The van der Waals surface area contributed by atoms with Crippen molar-refractivity contribution in [3.63, 3.8) is 0 Å². The summed E-state index contributed by atoms with van der Waals surface area (Å²) < 4.78 is 57.9. The van der Waals surface area contributed by atoms with Crippen LogP contribution >= 0.6 is 0 Å². The van der Waals surface area contributed by atoms with Crippen molar-refractivity contribution in [3.8, 4) is 0 Å². The molecule has 0 aliphatic carbocycles. The Hall–Kier alpha value is -0.666. The van der Waals surface area contributed by atoms with Crippen molar-refractivity contribution in [2.75, 3.05) is 13.2 Å². The molecule has 0 saturated carbocycles. The first-order valence-electron chi connectivity index (χ1n) is 15.5. The van der Waals surface area contributed by atoms with Gasteiger partial charge in [0.25, 0.3) is 0 Å². The molecule has 0 radical (unpaired) electrons. The quantitative estimate of drug-likeness (QED) is 0.116. The maximum absolute atomic E-state index is 14.2. The van der Waals surface area contributed by atoms with Crippen LogP contribution in [0.1, 0.15) is 88.1 Å². The van der Waals surface area contributed by atoms with E-state index in [9.17, 15) is 12.6 Å². The van der Waals surface area contributed by atoms with E-state index in [-0.39, 0.29) is 32.4 Å². The van der Waals surface area contributed by atoms with Gasteiger partial charge in [0.2, 0.25) is 10.0 Å². The van der Waals surface area contributed by atoms with Crippen molar-refractivity contribution in [2.45, 2.75) is 147 Å². The lowest BCUT2D eigenvalue weighted by Gasteiger charge is -2.39. The van der Waals surface area contributed by atoms with Crippen molar-refractivity contribution < 1.29 is 21.5 Å². The van der Waals surface area contributed by atoms with E-state index in [0.717, 1.165) is 5.56 Å². The molecule has 0 heterocycles. The van der Waals surface area contributed by atoms with Crippen LogP contribution in [0.5, 0.6) is 0 Å². The number of benzene rings is 1. The van der Waals surface area contributed by atoms with Gasteiger partial charge in [0.1, 0.15) is 0 Å². The standard InChI is InChI=1S/C32H62N2O5S2Si2/c1-26(2)34(41(36,37)29-21-19-27(20-22-29)24-38-42(12,13)31(6,7)8)28(25-39-43(14,15)32(9,10)11)18-16-17-23-33-40(35)30(3,4)5/h16,18-22,26,28,33H,17,23-25H2,1-15H3/t28-,40?/m0/s1. The summed E-state index contributed by atoms with van der Waals surface area (Å²) in [7, 11) is -9.07. The van der Waals surface area contributed by atoms with Gasteiger partial charge in [-0.1, -0.05) is 65.8 Å². The van der Waals surface area contributed by atoms with Crippen LogP contribution in [0.15, 0.2) is 41.3 Å². The molecular weight excluding hydrogens is 613 g/mol. The van der Waals surface area contributed by atoms with Crippen LogP contribution in [-0.2, 0) is 36.5 Å². The van der Waals surface area contributed by atoms with Gasteiger partial charge in [0, 0.05) is 12.6 Å². The Morgan fingerprint density at radius 3 is 1.81 bits per heavy atom. The van der Waals surface area contributed by atoms with Crippen LogP contribution in [0.2, 0.25) is 36.3 Å². The Morgan fingerprint density at radius 1 is 0.884 bits per heavy atom. The Balaban J connectivity index is 3.30. The first-order chi connectivity index (χ1) is 19.2. The zero-order chi connectivity index (χ0) is 33.7. The zero-order valence-corrected chi connectivity index (χ0v) is 33.4. The van der Waals surface area contributed by atoms with E-state index in [1.165, 1.54) is 0 Å². The third kappa shape index (κ3) is 11.9. The summed E-state index contributed by atoms with van der Waals surface area (Å²) >= 11 is 0. The zero-order valence-electron chi connectivity index (χ0n) is 29.8. The van der Waals surface area contributed by atoms with Crippen molar-refractivity contribution in [1.29, 1.82) is 0 Å². The van der Waals surface area contributed by atoms with Gasteiger partial charge in [0.05, 0.1) is 39.9 Å². The number of nitrogens with one attached hydrogen (secondary N) is 1. The lowest BCUT2D eigenvalue weighted by Crippen LogP contribution is -2.49. The summed E-state index contributed by atoms with van der Waals surface area (Å²) in [5.74, 6) is 0. The molecule has 250 valence electrons. The molecule has 1 aromatic rings. The minimum atomic E-state index is -3.84. The van der Waals surface area contributed by atoms with E-state index >= 15 is 0 Å². The summed E-state index contributed by atoms with van der Waals surface area (Å²) in [6.07, 6.45) is 4.53. The molecule has 0 fully saturated rings. The van der Waals surface area contributed by atoms with Crippen LogP contribution < -0.4 is 4.72 Å². The number of hydrogen-bond donors (Lipinski definition) is 1. The van der Waals surface area contributed by atoms with E-state index in [2.05, 4.69) is 72.5 Å². The fraction of sp³-hybridized carbons (Fsp3) is 0.750. The van der Waals surface area contributed by atoms with Gasteiger partial charge in [-0.2, -0.15) is 4.31 Å². The Labute approximate surface area is 269 Å². The second kappa shape index (κ2) is 15.3. The molecule has 43 heavy (non-hydrogen) atoms. The third-order valence-electron chi connectivity index (χ3n) is 8.62. The van der Waals surface area contributed by atoms with E-state index in [1.54, 1.807) is 16.4 Å². The van der Waals surface area contributed by atoms with Crippen LogP contribution in [0.25, 0.3) is 0 Å². The molecule has 1 N–H and O–H groups in total. The van der Waals surface area contributed by atoms with E-state index in [0.29, 0.717) is 19.6 Å². The molecule has 1 aromatic carbocycles. The van der Waals surface area contributed by atoms with Crippen LogP contribution in [0.3, 0.4) is 0 Å². The highest BCUT2D eigenvalue weighted by molar-refractivity contribution is 7.89. The molecule has 0 spiro atoms. The monoisotopic (exact) mass is 674 g/mol. The van der Waals surface area contributed by atoms with E-state index in [1.807, 2.05) is 58.9 Å². The van der Waals surface area contributed by atoms with Crippen molar-refractivity contribution in [3.05, 3.63) is 42.0 Å². The molecule has 11 heteroatoms. The van der Waals surface area contributed by atoms with Crippen LogP contribution in [0.4, 0.5) is 0 Å². The normalized spacial score (nSPS) is 15.9. The van der Waals surface area contributed by atoms with Crippen molar-refractivity contribution in [2.24, 2.45) is 0 Å². The smallest absolute Gasteiger partial charge is 0.243 e. The minimum Gasteiger partial charge on any atom is -0.415 e. The maximum atomic E-state index is 14.2. The highest BCUT2D eigenvalue weighted by Gasteiger charge is 2.40. The molecule has 1 rings (SSSR count). The van der Waals surface area contributed by atoms with Crippen molar-refractivity contribution >= 4 is 37.6 Å². The predicted octanol–water partition coefficient (Wildman–Crippen LogP) is 8.00. The highest BCUT2D eigenvalue weighted by atomic mass is 32.2. The molecule has 0 aliphatic heterocycles. The Morgan fingerprint density at radius 2 is 1.37 bits per heavy atom. The molecule has 0 aliphatic rings. The summed E-state index contributed by atoms with van der Waals surface area (Å²) in [5.41, 5.74) is 0.956. The lowest BCUT2D eigenvalue weighted by atomic mass is 10.2. The number of sulfonamides is 1. The summed E-state index contributed by atoms with van der Waals surface area (Å²) in [6.45, 7) is 32.8. The van der Waals surface area contributed by atoms with Gasteiger partial charge in [0.15, 0.2) is 16.6 Å². The van der Waals surface area contributed by atoms with Gasteiger partial charge >= 0.3 is 0 Å². The summed E-state index contributed by atoms with van der Waals surface area (Å²) in [4.78, 5) is 0.255. The highest BCUT2D eigenvalue weighted by Crippen LogP contribution is 2.38. The average Bonchev–Trinajstić information content (AvgIpc) is 2.83. The molecule has 7 nitrogen and oxygen atoms in total. The van der Waals surface area contributed by atoms with Gasteiger partial charge in [-0.05, 0) is 95.0 Å². The molecule has 0 saturated heterocycles. The van der Waals surface area contributed by atoms with Crippen LogP contribution in [0, 0.1) is 0 Å². The average molecular weight is 675 g/mol. The fourth-order valence-electron chi connectivity index (χ4n) is 3.63. The Kier molecular flexibility index (Phi) is 14.3. The predicted molar refractivity (Wildman–Crippen MR) is 189 cm³/mol. The van der Waals surface area contributed by atoms with Gasteiger partial charge in [-0.25, -0.2) is 17.3 Å². The maximum Gasteiger partial charge on any atom is 0.243 e. The molecule has 0 bridgehead atoms. The van der Waals surface area contributed by atoms with E-state index < -0.39 is 43.7 Å². The molecule has 0 aromatic heterocycles. The molecular formula is C32H62N2O5S2Si2. The van der Waals surface area contributed by atoms with Gasteiger partial charge < -0.3 is 8.85 Å². The largest absolute Gasteiger partial charge is 0.415 e. The van der Waals surface area contributed by atoms with E-state index in [4.69, 9.17) is 8.85 Å². The summed E-state index contributed by atoms with van der Waals surface area (Å²) in [5, 5.41) is 0.0921. The summed E-state index contributed by atoms with van der Waals surface area (Å²) in [6, 6.07) is 6.31. The first-order valence-corrected chi connectivity index (χ1v) is 23.9. The number of nitrogens with zero attached hydrogens (tertiary/aromatic N) is 1. The fourth-order valence-corrected chi connectivity index (χ4v) is 8.11. The first kappa shape index (κ1) is 40.4. The van der Waals surface area contributed by atoms with Gasteiger partial charge in [-0.15, -0.1) is 0 Å². The third-order valence-corrected chi connectivity index (χ3v) is 21.3. The number of hydrogen-bond acceptors (Lipinski definition) is 5. The number of rotatable bonds is 15. The second-order valence-corrected chi connectivity index (χ2v) is 29.3. The van der Waals surface area contributed by atoms with Crippen molar-refractivity contribution in [1.82, 2.24) is 9.03 Å². The molecule has 1 unspecified atom stereocenters. The van der Waals surface area contributed by atoms with Crippen LogP contribution in [-0.4, -0.2) is 63.5 Å². The second-order valence-electron chi connectivity index (χ2n) is 15.8. The molecule has 0 amide bonds. The molecule has 2 atom stereocenters. The Bertz CT molecular complexity index is 1180. The lowest BCUT2D eigenvalue weighted by molar-refractivity contribution is 0.198. The SMILES string of the molecule is CC(C)N([C@@H](C=CCCNS(=O)C(C)(C)C)CO[Si](C)(C)C(C)(C)C)S(=O)(=O)c1ccc(CO[Si](C)(C)C(C)(C)C)cc1. The topological polar surface area (TPSA) is 84.9 Å². The minimum absolute atomic E-state index is 0.00788. The van der Waals surface area contributed by atoms with Gasteiger partial charge in [-0.3, -0.25) is 0 Å².